The Bertz CT molecular complexity index is 615. The van der Waals surface area contributed by atoms with Gasteiger partial charge in [0.25, 0.3) is 5.89 Å². The van der Waals surface area contributed by atoms with E-state index in [1.54, 1.807) is 7.11 Å². The summed E-state index contributed by atoms with van der Waals surface area (Å²) in [5, 5.41) is 13.7. The average molecular weight is 292 g/mol. The molecule has 0 atom stereocenters. The summed E-state index contributed by atoms with van der Waals surface area (Å²) in [5.41, 5.74) is -0.640. The zero-order valence-corrected chi connectivity index (χ0v) is 11.8. The molecule has 1 heterocycles. The van der Waals surface area contributed by atoms with E-state index in [1.807, 2.05) is 0 Å². The van der Waals surface area contributed by atoms with Gasteiger partial charge in [-0.1, -0.05) is 30.5 Å². The van der Waals surface area contributed by atoms with Gasteiger partial charge in [0.05, 0.1) is 0 Å². The maximum atomic E-state index is 13.8. The number of rotatable bonds is 3. The maximum absolute atomic E-state index is 13.8. The minimum atomic E-state index is -0.597. The van der Waals surface area contributed by atoms with Crippen LogP contribution in [0.25, 0.3) is 11.5 Å². The van der Waals surface area contributed by atoms with Crippen LogP contribution in [0, 0.1) is 5.82 Å². The van der Waals surface area contributed by atoms with Crippen molar-refractivity contribution >= 4 is 0 Å². The first kappa shape index (κ1) is 14.0. The molecule has 0 spiro atoms. The van der Waals surface area contributed by atoms with Crippen LogP contribution in [-0.2, 0) is 10.3 Å². The van der Waals surface area contributed by atoms with Gasteiger partial charge >= 0.3 is 0 Å². The smallest absolute Gasteiger partial charge is 0.264 e. The summed E-state index contributed by atoms with van der Waals surface area (Å²) in [4.78, 5) is 4.27. The second kappa shape index (κ2) is 5.44. The number of aromatic hydroxyl groups is 1. The largest absolute Gasteiger partial charge is 0.507 e. The molecule has 5 nitrogen and oxygen atoms in total. The Morgan fingerprint density at radius 1 is 1.29 bits per heavy atom. The Morgan fingerprint density at radius 3 is 2.71 bits per heavy atom. The zero-order chi connectivity index (χ0) is 14.9. The summed E-state index contributed by atoms with van der Waals surface area (Å²) >= 11 is 0. The van der Waals surface area contributed by atoms with Gasteiger partial charge in [-0.2, -0.15) is 4.98 Å². The molecular formula is C15H17FN2O3. The molecule has 1 aliphatic rings. The monoisotopic (exact) mass is 292 g/mol. The predicted molar refractivity (Wildman–Crippen MR) is 73.1 cm³/mol. The van der Waals surface area contributed by atoms with Crippen LogP contribution in [0.2, 0.25) is 0 Å². The van der Waals surface area contributed by atoms with Crippen molar-refractivity contribution in [1.82, 2.24) is 10.1 Å². The molecule has 2 aromatic rings. The van der Waals surface area contributed by atoms with Crippen molar-refractivity contribution in [2.45, 2.75) is 37.7 Å². The lowest BCUT2D eigenvalue weighted by atomic mass is 9.84. The van der Waals surface area contributed by atoms with Gasteiger partial charge in [0.1, 0.15) is 22.7 Å². The van der Waals surface area contributed by atoms with Crippen molar-refractivity contribution in [3.8, 4) is 17.2 Å². The molecule has 21 heavy (non-hydrogen) atoms. The van der Waals surface area contributed by atoms with Gasteiger partial charge in [0.15, 0.2) is 0 Å². The summed E-state index contributed by atoms with van der Waals surface area (Å²) < 4.78 is 24.6. The second-order valence-corrected chi connectivity index (χ2v) is 5.32. The standard InChI is InChI=1S/C15H17FN2O3/c1-20-15(8-3-2-4-9-15)14-17-13(21-18-14)12-10(16)6-5-7-11(12)19/h5-7,19H,2-4,8-9H2,1H3. The van der Waals surface area contributed by atoms with Gasteiger partial charge in [0, 0.05) is 7.11 Å². The third-order valence-electron chi connectivity index (χ3n) is 4.09. The number of phenols is 1. The van der Waals surface area contributed by atoms with Gasteiger partial charge in [-0.3, -0.25) is 0 Å². The van der Waals surface area contributed by atoms with Crippen LogP contribution >= 0.6 is 0 Å². The highest BCUT2D eigenvalue weighted by Crippen LogP contribution is 2.40. The van der Waals surface area contributed by atoms with E-state index in [1.165, 1.54) is 18.2 Å². The molecule has 0 saturated heterocycles. The minimum absolute atomic E-state index is 0.0254. The van der Waals surface area contributed by atoms with E-state index in [0.29, 0.717) is 5.82 Å². The SMILES string of the molecule is COC1(c2noc(-c3c(O)cccc3F)n2)CCCCC1. The molecule has 1 aromatic heterocycles. The third-order valence-corrected chi connectivity index (χ3v) is 4.09. The van der Waals surface area contributed by atoms with Gasteiger partial charge in [-0.15, -0.1) is 0 Å². The average Bonchev–Trinajstić information content (AvgIpc) is 2.98. The Balaban J connectivity index is 2.00. The third kappa shape index (κ3) is 2.40. The fourth-order valence-electron chi connectivity index (χ4n) is 2.88. The van der Waals surface area contributed by atoms with Gasteiger partial charge in [-0.05, 0) is 25.0 Å². The molecule has 6 heteroatoms. The normalized spacial score (nSPS) is 17.8. The molecule has 1 fully saturated rings. The lowest BCUT2D eigenvalue weighted by Gasteiger charge is -2.32. The van der Waals surface area contributed by atoms with Crippen LogP contribution in [0.3, 0.4) is 0 Å². The summed E-state index contributed by atoms with van der Waals surface area (Å²) in [7, 11) is 1.63. The Kier molecular flexibility index (Phi) is 3.63. The molecule has 0 amide bonds. The maximum Gasteiger partial charge on any atom is 0.264 e. The Morgan fingerprint density at radius 2 is 2.05 bits per heavy atom. The van der Waals surface area contributed by atoms with E-state index in [0.717, 1.165) is 32.1 Å². The number of hydrogen-bond acceptors (Lipinski definition) is 5. The number of halogens is 1. The summed E-state index contributed by atoms with van der Waals surface area (Å²) in [6.45, 7) is 0. The molecule has 112 valence electrons. The molecule has 0 radical (unpaired) electrons. The highest BCUT2D eigenvalue weighted by atomic mass is 19.1. The van der Waals surface area contributed by atoms with Gasteiger partial charge in [0.2, 0.25) is 5.82 Å². The van der Waals surface area contributed by atoms with Crippen molar-refractivity contribution in [2.24, 2.45) is 0 Å². The van der Waals surface area contributed by atoms with Crippen LogP contribution in [-0.4, -0.2) is 22.4 Å². The Hall–Kier alpha value is -1.95. The summed E-state index contributed by atoms with van der Waals surface area (Å²) in [6, 6.07) is 4.05. The number of aromatic nitrogens is 2. The molecule has 1 saturated carbocycles. The van der Waals surface area contributed by atoms with Gasteiger partial charge < -0.3 is 14.4 Å². The molecule has 0 unspecified atom stereocenters. The van der Waals surface area contributed by atoms with Crippen LogP contribution in [0.1, 0.15) is 37.9 Å². The molecule has 3 rings (SSSR count). The first-order valence-corrected chi connectivity index (χ1v) is 7.03. The minimum Gasteiger partial charge on any atom is -0.507 e. The fraction of sp³-hybridized carbons (Fsp3) is 0.467. The van der Waals surface area contributed by atoms with Gasteiger partial charge in [-0.25, -0.2) is 4.39 Å². The van der Waals surface area contributed by atoms with Crippen molar-refractivity contribution in [2.75, 3.05) is 7.11 Å². The lowest BCUT2D eigenvalue weighted by molar-refractivity contribution is -0.0527. The molecular weight excluding hydrogens is 275 g/mol. The number of ether oxygens (including phenoxy) is 1. The van der Waals surface area contributed by atoms with Crippen molar-refractivity contribution in [1.29, 1.82) is 0 Å². The molecule has 0 aliphatic heterocycles. The topological polar surface area (TPSA) is 68.4 Å². The van der Waals surface area contributed by atoms with E-state index < -0.39 is 11.4 Å². The number of benzene rings is 1. The second-order valence-electron chi connectivity index (χ2n) is 5.32. The van der Waals surface area contributed by atoms with Crippen molar-refractivity contribution in [3.05, 3.63) is 29.8 Å². The van der Waals surface area contributed by atoms with Crippen molar-refractivity contribution in [3.63, 3.8) is 0 Å². The number of nitrogens with zero attached hydrogens (tertiary/aromatic N) is 2. The number of phenolic OH excluding ortho intramolecular Hbond substituents is 1. The predicted octanol–water partition coefficient (Wildman–Crippen LogP) is 3.39. The first-order valence-electron chi connectivity index (χ1n) is 7.03. The highest BCUT2D eigenvalue weighted by molar-refractivity contribution is 5.62. The Labute approximate surface area is 121 Å². The number of methoxy groups -OCH3 is 1. The first-order chi connectivity index (χ1) is 10.2. The van der Waals surface area contributed by atoms with E-state index in [4.69, 9.17) is 9.26 Å². The zero-order valence-electron chi connectivity index (χ0n) is 11.8. The molecule has 1 aromatic carbocycles. The van der Waals surface area contributed by atoms with E-state index in [2.05, 4.69) is 10.1 Å². The van der Waals surface area contributed by atoms with Crippen molar-refractivity contribution < 1.29 is 18.8 Å². The summed E-state index contributed by atoms with van der Waals surface area (Å²) in [5.74, 6) is -0.425. The summed E-state index contributed by atoms with van der Waals surface area (Å²) in [6.07, 6.45) is 4.84. The van der Waals surface area contributed by atoms with E-state index in [9.17, 15) is 9.50 Å². The van der Waals surface area contributed by atoms with Crippen LogP contribution in [0.15, 0.2) is 22.7 Å². The van der Waals surface area contributed by atoms with Crippen LogP contribution < -0.4 is 0 Å². The molecule has 1 aliphatic carbocycles. The fourth-order valence-corrected chi connectivity index (χ4v) is 2.88. The van der Waals surface area contributed by atoms with E-state index in [-0.39, 0.29) is 17.2 Å². The lowest BCUT2D eigenvalue weighted by Crippen LogP contribution is -2.32. The number of hydrogen-bond donors (Lipinski definition) is 1. The highest BCUT2D eigenvalue weighted by Gasteiger charge is 2.39. The van der Waals surface area contributed by atoms with E-state index >= 15 is 0 Å². The van der Waals surface area contributed by atoms with Crippen LogP contribution in [0.4, 0.5) is 4.39 Å². The van der Waals surface area contributed by atoms with Crippen LogP contribution in [0.5, 0.6) is 5.75 Å². The molecule has 1 N–H and O–H groups in total. The molecule has 0 bridgehead atoms. The quantitative estimate of drug-likeness (QED) is 0.939.